The number of hydrogen-bond donors (Lipinski definition) is 2. The van der Waals surface area contributed by atoms with Crippen molar-refractivity contribution in [3.05, 3.63) is 0 Å². The van der Waals surface area contributed by atoms with Gasteiger partial charge < -0.3 is 16.0 Å². The second-order valence-electron chi connectivity index (χ2n) is 4.82. The molecule has 3 N–H and O–H groups in total. The van der Waals surface area contributed by atoms with Crippen LogP contribution < -0.4 is 11.1 Å². The minimum atomic E-state index is -0.207. The van der Waals surface area contributed by atoms with Gasteiger partial charge in [-0.05, 0) is 33.4 Å². The fraction of sp³-hybridized carbons (Fsp3) is 0.909. The zero-order valence-corrected chi connectivity index (χ0v) is 10.0. The first-order valence-electron chi connectivity index (χ1n) is 5.72. The number of amides is 1. The van der Waals surface area contributed by atoms with Crippen LogP contribution >= 0.6 is 0 Å². The standard InChI is InChI=1S/C11H23N3O/c1-4-5-13-11(7-10(12)15)6-9(2)14(3)8-11/h9,13H,4-8H2,1-3H3,(H2,12,15). The molecule has 0 spiro atoms. The topological polar surface area (TPSA) is 58.4 Å². The molecular weight excluding hydrogens is 190 g/mol. The molecule has 1 aliphatic heterocycles. The van der Waals surface area contributed by atoms with Gasteiger partial charge in [0.25, 0.3) is 0 Å². The van der Waals surface area contributed by atoms with Gasteiger partial charge in [-0.3, -0.25) is 4.79 Å². The summed E-state index contributed by atoms with van der Waals surface area (Å²) < 4.78 is 0. The number of hydrogen-bond acceptors (Lipinski definition) is 3. The predicted molar refractivity (Wildman–Crippen MR) is 61.5 cm³/mol. The van der Waals surface area contributed by atoms with Gasteiger partial charge in [0.2, 0.25) is 5.91 Å². The van der Waals surface area contributed by atoms with E-state index in [2.05, 4.69) is 31.1 Å². The summed E-state index contributed by atoms with van der Waals surface area (Å²) in [6, 6.07) is 0.522. The largest absolute Gasteiger partial charge is 0.370 e. The maximum absolute atomic E-state index is 11.1. The van der Waals surface area contributed by atoms with E-state index < -0.39 is 0 Å². The molecule has 15 heavy (non-hydrogen) atoms. The van der Waals surface area contributed by atoms with Gasteiger partial charge in [-0.1, -0.05) is 6.92 Å². The Kier molecular flexibility index (Phi) is 4.11. The number of carbonyl (C=O) groups excluding carboxylic acids is 1. The lowest BCUT2D eigenvalue weighted by Crippen LogP contribution is -2.50. The molecule has 1 heterocycles. The molecule has 1 amide bonds. The van der Waals surface area contributed by atoms with Crippen LogP contribution in [0.2, 0.25) is 0 Å². The van der Waals surface area contributed by atoms with Crippen molar-refractivity contribution in [2.75, 3.05) is 20.1 Å². The highest BCUT2D eigenvalue weighted by Gasteiger charge is 2.41. The van der Waals surface area contributed by atoms with Gasteiger partial charge in [0.15, 0.2) is 0 Å². The van der Waals surface area contributed by atoms with E-state index in [1.54, 1.807) is 0 Å². The Bertz CT molecular complexity index is 220. The van der Waals surface area contributed by atoms with Crippen LogP contribution in [-0.2, 0) is 4.79 Å². The lowest BCUT2D eigenvalue weighted by atomic mass is 9.91. The monoisotopic (exact) mass is 213 g/mol. The minimum Gasteiger partial charge on any atom is -0.370 e. The Hall–Kier alpha value is -0.610. The quantitative estimate of drug-likeness (QED) is 0.691. The molecule has 0 aliphatic carbocycles. The summed E-state index contributed by atoms with van der Waals surface area (Å²) >= 11 is 0. The predicted octanol–water partition coefficient (Wildman–Crippen LogP) is 0.324. The van der Waals surface area contributed by atoms with Crippen LogP contribution in [-0.4, -0.2) is 42.5 Å². The Morgan fingerprint density at radius 2 is 2.33 bits per heavy atom. The molecule has 1 aliphatic rings. The van der Waals surface area contributed by atoms with E-state index in [9.17, 15) is 4.79 Å². The van der Waals surface area contributed by atoms with Crippen molar-refractivity contribution >= 4 is 5.91 Å². The first kappa shape index (κ1) is 12.5. The van der Waals surface area contributed by atoms with Crippen LogP contribution in [0.4, 0.5) is 0 Å². The van der Waals surface area contributed by atoms with Crippen molar-refractivity contribution in [3.8, 4) is 0 Å². The lowest BCUT2D eigenvalue weighted by molar-refractivity contribution is -0.119. The van der Waals surface area contributed by atoms with Crippen LogP contribution in [0, 0.1) is 0 Å². The molecule has 1 fully saturated rings. The summed E-state index contributed by atoms with van der Waals surface area (Å²) in [5, 5.41) is 3.49. The third-order valence-corrected chi connectivity index (χ3v) is 3.25. The summed E-state index contributed by atoms with van der Waals surface area (Å²) in [4.78, 5) is 13.4. The van der Waals surface area contributed by atoms with Crippen molar-refractivity contribution in [3.63, 3.8) is 0 Å². The first-order valence-corrected chi connectivity index (χ1v) is 5.72. The van der Waals surface area contributed by atoms with Crippen molar-refractivity contribution in [1.82, 2.24) is 10.2 Å². The van der Waals surface area contributed by atoms with Crippen molar-refractivity contribution in [1.29, 1.82) is 0 Å². The van der Waals surface area contributed by atoms with Gasteiger partial charge in [0.05, 0.1) is 0 Å². The van der Waals surface area contributed by atoms with Crippen molar-refractivity contribution in [2.24, 2.45) is 5.73 Å². The molecule has 4 heteroatoms. The number of likely N-dealkylation sites (N-methyl/N-ethyl adjacent to an activating group) is 1. The number of nitrogens with one attached hydrogen (secondary N) is 1. The third kappa shape index (κ3) is 3.18. The summed E-state index contributed by atoms with van der Waals surface area (Å²) in [6.45, 7) is 6.19. The van der Waals surface area contributed by atoms with Gasteiger partial charge >= 0.3 is 0 Å². The summed E-state index contributed by atoms with van der Waals surface area (Å²) in [5.41, 5.74) is 5.24. The Labute approximate surface area is 92.2 Å². The van der Waals surface area contributed by atoms with Crippen LogP contribution in [0.25, 0.3) is 0 Å². The van der Waals surface area contributed by atoms with E-state index in [0.717, 1.165) is 25.9 Å². The van der Waals surface area contributed by atoms with Crippen LogP contribution in [0.1, 0.15) is 33.1 Å². The number of likely N-dealkylation sites (tertiary alicyclic amines) is 1. The molecule has 0 radical (unpaired) electrons. The Morgan fingerprint density at radius 3 is 2.73 bits per heavy atom. The van der Waals surface area contributed by atoms with Crippen molar-refractivity contribution in [2.45, 2.75) is 44.7 Å². The summed E-state index contributed by atoms with van der Waals surface area (Å²) in [5.74, 6) is -0.207. The fourth-order valence-electron chi connectivity index (χ4n) is 2.46. The second-order valence-corrected chi connectivity index (χ2v) is 4.82. The molecule has 0 aromatic carbocycles. The molecule has 0 aromatic rings. The van der Waals surface area contributed by atoms with Gasteiger partial charge in [-0.25, -0.2) is 0 Å². The molecule has 0 bridgehead atoms. The first-order chi connectivity index (χ1) is 6.99. The highest BCUT2D eigenvalue weighted by atomic mass is 16.1. The number of carbonyl (C=O) groups is 1. The van der Waals surface area contributed by atoms with E-state index >= 15 is 0 Å². The maximum atomic E-state index is 11.1. The zero-order valence-electron chi connectivity index (χ0n) is 10.0. The van der Waals surface area contributed by atoms with Gasteiger partial charge in [0, 0.05) is 24.5 Å². The average molecular weight is 213 g/mol. The molecule has 0 aromatic heterocycles. The number of nitrogens with two attached hydrogens (primary N) is 1. The second kappa shape index (κ2) is 4.94. The Balaban J connectivity index is 2.65. The summed E-state index contributed by atoms with van der Waals surface area (Å²) in [7, 11) is 2.10. The van der Waals surface area contributed by atoms with E-state index in [1.165, 1.54) is 0 Å². The van der Waals surface area contributed by atoms with Gasteiger partial charge in [0.1, 0.15) is 0 Å². The molecule has 1 rings (SSSR count). The number of rotatable bonds is 5. The van der Waals surface area contributed by atoms with Gasteiger partial charge in [-0.15, -0.1) is 0 Å². The van der Waals surface area contributed by atoms with Crippen molar-refractivity contribution < 1.29 is 4.79 Å². The average Bonchev–Trinajstić information content (AvgIpc) is 2.38. The smallest absolute Gasteiger partial charge is 0.219 e. The molecule has 0 saturated carbocycles. The molecule has 88 valence electrons. The fourth-order valence-corrected chi connectivity index (χ4v) is 2.46. The lowest BCUT2D eigenvalue weighted by Gasteiger charge is -2.29. The van der Waals surface area contributed by atoms with Crippen LogP contribution in [0.15, 0.2) is 0 Å². The molecule has 4 nitrogen and oxygen atoms in total. The van der Waals surface area contributed by atoms with E-state index in [1.807, 2.05) is 0 Å². The maximum Gasteiger partial charge on any atom is 0.219 e. The SMILES string of the molecule is CCCNC1(CC(N)=O)CC(C)N(C)C1. The van der Waals surface area contributed by atoms with E-state index in [-0.39, 0.29) is 11.4 Å². The van der Waals surface area contributed by atoms with Gasteiger partial charge in [-0.2, -0.15) is 0 Å². The molecule has 2 unspecified atom stereocenters. The minimum absolute atomic E-state index is 0.0873. The van der Waals surface area contributed by atoms with E-state index in [4.69, 9.17) is 5.73 Å². The van der Waals surface area contributed by atoms with E-state index in [0.29, 0.717) is 12.5 Å². The number of nitrogens with zero attached hydrogens (tertiary/aromatic N) is 1. The number of primary amides is 1. The zero-order chi connectivity index (χ0) is 11.5. The van der Waals surface area contributed by atoms with Crippen LogP contribution in [0.5, 0.6) is 0 Å². The highest BCUT2D eigenvalue weighted by Crippen LogP contribution is 2.28. The Morgan fingerprint density at radius 1 is 1.67 bits per heavy atom. The molecule has 1 saturated heterocycles. The third-order valence-electron chi connectivity index (χ3n) is 3.25. The summed E-state index contributed by atoms with van der Waals surface area (Å²) in [6.07, 6.45) is 2.53. The van der Waals surface area contributed by atoms with Crippen LogP contribution in [0.3, 0.4) is 0 Å². The normalized spacial score (nSPS) is 32.1. The molecular formula is C11H23N3O. The molecule has 2 atom stereocenters. The highest BCUT2D eigenvalue weighted by molar-refractivity contribution is 5.75.